The van der Waals surface area contributed by atoms with Gasteiger partial charge in [0.05, 0.1) is 12.1 Å². The molecular formula is C16H27N3O4. The Labute approximate surface area is 136 Å². The number of imide groups is 1. The van der Waals surface area contributed by atoms with Gasteiger partial charge in [0.15, 0.2) is 0 Å². The fourth-order valence-corrected chi connectivity index (χ4v) is 3.23. The smallest absolute Gasteiger partial charge is 0.322 e. The number of rotatable bonds is 5. The number of hydrogen-bond donors (Lipinski definition) is 3. The predicted molar refractivity (Wildman–Crippen MR) is 84.7 cm³/mol. The molecule has 4 amide bonds. The van der Waals surface area contributed by atoms with E-state index in [1.54, 1.807) is 0 Å². The summed E-state index contributed by atoms with van der Waals surface area (Å²) in [6.07, 6.45) is 4.98. The number of ether oxygens (including phenoxy) is 1. The van der Waals surface area contributed by atoms with E-state index in [2.05, 4.69) is 16.0 Å². The molecule has 2 rings (SSSR count). The summed E-state index contributed by atoms with van der Waals surface area (Å²) in [5.41, 5.74) is -1.44. The third-order valence-electron chi connectivity index (χ3n) is 4.47. The molecule has 0 spiro atoms. The second-order valence-corrected chi connectivity index (χ2v) is 7.39. The van der Waals surface area contributed by atoms with Crippen LogP contribution in [0.25, 0.3) is 0 Å². The normalized spacial score (nSPS) is 25.9. The molecule has 2 aliphatic rings. The number of amides is 4. The van der Waals surface area contributed by atoms with E-state index in [0.717, 1.165) is 32.1 Å². The molecule has 0 aromatic heterocycles. The van der Waals surface area contributed by atoms with Crippen molar-refractivity contribution in [3.63, 3.8) is 0 Å². The molecule has 23 heavy (non-hydrogen) atoms. The zero-order valence-electron chi connectivity index (χ0n) is 14.2. The van der Waals surface area contributed by atoms with Gasteiger partial charge in [-0.1, -0.05) is 19.3 Å². The molecule has 1 heterocycles. The average Bonchev–Trinajstić information content (AvgIpc) is 2.78. The maximum Gasteiger partial charge on any atom is 0.322 e. The van der Waals surface area contributed by atoms with Crippen LogP contribution in [0.5, 0.6) is 0 Å². The first-order valence-electron chi connectivity index (χ1n) is 8.27. The van der Waals surface area contributed by atoms with Crippen molar-refractivity contribution < 1.29 is 19.1 Å². The molecule has 0 aromatic rings. The third-order valence-corrected chi connectivity index (χ3v) is 4.47. The number of nitrogens with one attached hydrogen (secondary N) is 3. The summed E-state index contributed by atoms with van der Waals surface area (Å²) in [5, 5.41) is 7.82. The van der Waals surface area contributed by atoms with Gasteiger partial charge in [-0.05, 0) is 39.5 Å². The lowest BCUT2D eigenvalue weighted by Gasteiger charge is -2.37. The van der Waals surface area contributed by atoms with E-state index in [0.29, 0.717) is 0 Å². The van der Waals surface area contributed by atoms with Gasteiger partial charge in [0.1, 0.15) is 12.1 Å². The topological polar surface area (TPSA) is 96.5 Å². The first-order chi connectivity index (χ1) is 10.7. The Morgan fingerprint density at radius 1 is 1.26 bits per heavy atom. The summed E-state index contributed by atoms with van der Waals surface area (Å²) in [6.45, 7) is 5.64. The highest BCUT2D eigenvalue weighted by molar-refractivity contribution is 6.07. The minimum atomic E-state index is -1.03. The van der Waals surface area contributed by atoms with Crippen molar-refractivity contribution in [2.24, 2.45) is 5.92 Å². The fourth-order valence-electron chi connectivity index (χ4n) is 3.23. The Hall–Kier alpha value is -1.63. The summed E-state index contributed by atoms with van der Waals surface area (Å²) in [5.74, 6) is -0.581. The monoisotopic (exact) mass is 325 g/mol. The van der Waals surface area contributed by atoms with Crippen molar-refractivity contribution in [2.75, 3.05) is 13.2 Å². The Bertz CT molecular complexity index is 480. The first-order valence-corrected chi connectivity index (χ1v) is 8.27. The average molecular weight is 325 g/mol. The van der Waals surface area contributed by atoms with Crippen LogP contribution < -0.4 is 16.0 Å². The van der Waals surface area contributed by atoms with Gasteiger partial charge in [0.25, 0.3) is 5.91 Å². The minimum absolute atomic E-state index is 0.0477. The van der Waals surface area contributed by atoms with E-state index in [1.165, 1.54) is 0 Å². The Morgan fingerprint density at radius 3 is 2.43 bits per heavy atom. The molecule has 1 atom stereocenters. The highest BCUT2D eigenvalue weighted by Gasteiger charge is 2.51. The molecule has 0 radical (unpaired) electrons. The van der Waals surface area contributed by atoms with Gasteiger partial charge in [-0.15, -0.1) is 0 Å². The lowest BCUT2D eigenvalue weighted by atomic mass is 9.74. The molecule has 1 unspecified atom stereocenters. The van der Waals surface area contributed by atoms with Gasteiger partial charge in [-0.2, -0.15) is 0 Å². The standard InChI is InChI=1S/C16H27N3O4/c1-15(2,3)23-9-12(20)17-10-16(11-7-5-4-6-8-11)13(21)18-14(22)19-16/h11H,4-10H2,1-3H3,(H,17,20)(H2,18,19,21,22). The fraction of sp³-hybridized carbons (Fsp3) is 0.812. The molecule has 7 nitrogen and oxygen atoms in total. The summed E-state index contributed by atoms with van der Waals surface area (Å²) in [7, 11) is 0. The molecule has 130 valence electrons. The molecule has 1 saturated heterocycles. The Morgan fingerprint density at radius 2 is 1.91 bits per heavy atom. The number of urea groups is 1. The lowest BCUT2D eigenvalue weighted by Crippen LogP contribution is -2.60. The van der Waals surface area contributed by atoms with Crippen LogP contribution in [-0.2, 0) is 14.3 Å². The predicted octanol–water partition coefficient (Wildman–Crippen LogP) is 1.08. The summed E-state index contributed by atoms with van der Waals surface area (Å²) >= 11 is 0. The summed E-state index contributed by atoms with van der Waals surface area (Å²) in [4.78, 5) is 36.0. The Kier molecular flexibility index (Phi) is 5.29. The molecule has 1 saturated carbocycles. The van der Waals surface area contributed by atoms with Gasteiger partial charge in [0.2, 0.25) is 5.91 Å². The number of hydrogen-bond acceptors (Lipinski definition) is 4. The van der Waals surface area contributed by atoms with Gasteiger partial charge in [-0.25, -0.2) is 4.79 Å². The minimum Gasteiger partial charge on any atom is -0.366 e. The highest BCUT2D eigenvalue weighted by atomic mass is 16.5. The van der Waals surface area contributed by atoms with E-state index in [1.807, 2.05) is 20.8 Å². The van der Waals surface area contributed by atoms with Crippen molar-refractivity contribution in [1.82, 2.24) is 16.0 Å². The maximum atomic E-state index is 12.4. The van der Waals surface area contributed by atoms with Crippen LogP contribution in [0.2, 0.25) is 0 Å². The lowest BCUT2D eigenvalue weighted by molar-refractivity contribution is -0.132. The van der Waals surface area contributed by atoms with E-state index in [-0.39, 0.29) is 30.9 Å². The molecule has 0 bridgehead atoms. The first kappa shape index (κ1) is 17.7. The molecule has 2 fully saturated rings. The SMILES string of the molecule is CC(C)(C)OCC(=O)NCC1(C2CCCCC2)NC(=O)NC1=O. The molecule has 3 N–H and O–H groups in total. The van der Waals surface area contributed by atoms with E-state index >= 15 is 0 Å². The largest absolute Gasteiger partial charge is 0.366 e. The second kappa shape index (κ2) is 6.86. The number of carbonyl (C=O) groups is 3. The van der Waals surface area contributed by atoms with Crippen molar-refractivity contribution >= 4 is 17.8 Å². The molecule has 1 aliphatic heterocycles. The van der Waals surface area contributed by atoms with E-state index in [4.69, 9.17) is 4.74 Å². The zero-order valence-corrected chi connectivity index (χ0v) is 14.2. The van der Waals surface area contributed by atoms with Crippen LogP contribution >= 0.6 is 0 Å². The van der Waals surface area contributed by atoms with Crippen LogP contribution in [0.1, 0.15) is 52.9 Å². The van der Waals surface area contributed by atoms with Crippen LogP contribution in [0.4, 0.5) is 4.79 Å². The number of carbonyl (C=O) groups excluding carboxylic acids is 3. The van der Waals surface area contributed by atoms with Crippen LogP contribution in [0.3, 0.4) is 0 Å². The Balaban J connectivity index is 2.00. The van der Waals surface area contributed by atoms with Crippen molar-refractivity contribution in [1.29, 1.82) is 0 Å². The van der Waals surface area contributed by atoms with Crippen LogP contribution in [0.15, 0.2) is 0 Å². The van der Waals surface area contributed by atoms with Crippen molar-refractivity contribution in [3.05, 3.63) is 0 Å². The summed E-state index contributed by atoms with van der Waals surface area (Å²) < 4.78 is 5.43. The van der Waals surface area contributed by atoms with Gasteiger partial charge >= 0.3 is 6.03 Å². The third kappa shape index (κ3) is 4.43. The molecular weight excluding hydrogens is 298 g/mol. The van der Waals surface area contributed by atoms with Crippen molar-refractivity contribution in [3.8, 4) is 0 Å². The molecule has 1 aliphatic carbocycles. The zero-order chi connectivity index (χ0) is 17.1. The molecule has 0 aromatic carbocycles. The van der Waals surface area contributed by atoms with E-state index in [9.17, 15) is 14.4 Å². The van der Waals surface area contributed by atoms with Crippen molar-refractivity contribution in [2.45, 2.75) is 64.0 Å². The quantitative estimate of drug-likeness (QED) is 0.659. The van der Waals surface area contributed by atoms with Gasteiger partial charge < -0.3 is 15.4 Å². The van der Waals surface area contributed by atoms with Crippen LogP contribution in [-0.4, -0.2) is 42.1 Å². The van der Waals surface area contributed by atoms with E-state index < -0.39 is 17.2 Å². The highest BCUT2D eigenvalue weighted by Crippen LogP contribution is 2.34. The maximum absolute atomic E-state index is 12.4. The summed E-state index contributed by atoms with van der Waals surface area (Å²) in [6, 6.07) is -0.485. The second-order valence-electron chi connectivity index (χ2n) is 7.39. The van der Waals surface area contributed by atoms with Gasteiger partial charge in [-0.3, -0.25) is 14.9 Å². The van der Waals surface area contributed by atoms with Crippen LogP contribution in [0, 0.1) is 5.92 Å². The molecule has 7 heteroatoms. The van der Waals surface area contributed by atoms with Gasteiger partial charge in [0, 0.05) is 0 Å².